The van der Waals surface area contributed by atoms with Crippen LogP contribution in [0.4, 0.5) is 17.1 Å². The predicted molar refractivity (Wildman–Crippen MR) is 84.4 cm³/mol. The maximum absolute atomic E-state index is 11.3. The van der Waals surface area contributed by atoms with Gasteiger partial charge in [0.25, 0.3) is 0 Å². The average Bonchev–Trinajstić information content (AvgIpc) is 2.91. The molecular formula is C13H20N6O3. The fourth-order valence-corrected chi connectivity index (χ4v) is 2.19. The Morgan fingerprint density at radius 3 is 2.55 bits per heavy atom. The van der Waals surface area contributed by atoms with Gasteiger partial charge in [-0.3, -0.25) is 10.1 Å². The van der Waals surface area contributed by atoms with Gasteiger partial charge in [-0.25, -0.2) is 4.63 Å². The van der Waals surface area contributed by atoms with E-state index in [9.17, 15) is 10.1 Å². The van der Waals surface area contributed by atoms with Crippen molar-refractivity contribution in [1.82, 2.24) is 15.2 Å². The van der Waals surface area contributed by atoms with Crippen LogP contribution in [0, 0.1) is 10.1 Å². The van der Waals surface area contributed by atoms with Gasteiger partial charge in [0.15, 0.2) is 5.52 Å². The van der Waals surface area contributed by atoms with Gasteiger partial charge in [-0.1, -0.05) is 0 Å². The second-order valence-electron chi connectivity index (χ2n) is 5.49. The summed E-state index contributed by atoms with van der Waals surface area (Å²) in [6.07, 6.45) is 0.939. The van der Waals surface area contributed by atoms with Crippen molar-refractivity contribution in [3.05, 3.63) is 16.2 Å². The number of fused-ring (bicyclic) bond motifs is 1. The van der Waals surface area contributed by atoms with Crippen LogP contribution in [-0.2, 0) is 0 Å². The third-order valence-electron chi connectivity index (χ3n) is 3.25. The van der Waals surface area contributed by atoms with Crippen LogP contribution in [0.15, 0.2) is 10.7 Å². The lowest BCUT2D eigenvalue weighted by Crippen LogP contribution is -2.17. The summed E-state index contributed by atoms with van der Waals surface area (Å²) in [5, 5.41) is 22.1. The van der Waals surface area contributed by atoms with E-state index in [2.05, 4.69) is 20.5 Å². The van der Waals surface area contributed by atoms with Crippen molar-refractivity contribution in [1.29, 1.82) is 0 Å². The topological polar surface area (TPSA) is 101 Å². The number of hydrogen-bond donors (Lipinski definition) is 1. The molecule has 0 amide bonds. The minimum Gasteiger partial charge on any atom is -0.383 e. The van der Waals surface area contributed by atoms with Gasteiger partial charge in [-0.05, 0) is 43.4 Å². The molecule has 9 heteroatoms. The Kier molecular flexibility index (Phi) is 4.76. The number of nitro benzene ring substituents is 1. The van der Waals surface area contributed by atoms with Crippen molar-refractivity contribution in [2.45, 2.75) is 6.42 Å². The summed E-state index contributed by atoms with van der Waals surface area (Å²) in [5.41, 5.74) is 1.58. The van der Waals surface area contributed by atoms with E-state index in [1.165, 1.54) is 0 Å². The predicted octanol–water partition coefficient (Wildman–Crippen LogP) is 1.56. The number of benzene rings is 1. The van der Waals surface area contributed by atoms with Crippen molar-refractivity contribution >= 4 is 28.1 Å². The quantitative estimate of drug-likeness (QED) is 0.467. The van der Waals surface area contributed by atoms with Gasteiger partial charge >= 0.3 is 5.69 Å². The zero-order valence-electron chi connectivity index (χ0n) is 13.2. The number of nitrogens with zero attached hydrogens (tertiary/aromatic N) is 5. The smallest absolute Gasteiger partial charge is 0.323 e. The SMILES string of the molecule is CN(C)CCCNc1cc(N(C)C)c([N+](=O)[O-])c2nonc12. The van der Waals surface area contributed by atoms with Crippen LogP contribution >= 0.6 is 0 Å². The molecule has 120 valence electrons. The third kappa shape index (κ3) is 3.25. The monoisotopic (exact) mass is 308 g/mol. The number of anilines is 2. The van der Waals surface area contributed by atoms with E-state index in [1.54, 1.807) is 25.1 Å². The van der Waals surface area contributed by atoms with E-state index >= 15 is 0 Å². The lowest BCUT2D eigenvalue weighted by molar-refractivity contribution is -0.382. The molecule has 1 aromatic carbocycles. The maximum atomic E-state index is 11.3. The first-order valence-electron chi connectivity index (χ1n) is 6.91. The van der Waals surface area contributed by atoms with E-state index in [0.29, 0.717) is 16.9 Å². The zero-order chi connectivity index (χ0) is 16.3. The first-order valence-corrected chi connectivity index (χ1v) is 6.91. The molecule has 0 radical (unpaired) electrons. The lowest BCUT2D eigenvalue weighted by Gasteiger charge is -2.15. The van der Waals surface area contributed by atoms with E-state index in [4.69, 9.17) is 4.63 Å². The second kappa shape index (κ2) is 6.56. The molecule has 1 N–H and O–H groups in total. The fraction of sp³-hybridized carbons (Fsp3) is 0.538. The van der Waals surface area contributed by atoms with Gasteiger partial charge in [-0.15, -0.1) is 0 Å². The highest BCUT2D eigenvalue weighted by molar-refractivity contribution is 5.99. The molecule has 0 saturated heterocycles. The molecule has 2 aromatic rings. The van der Waals surface area contributed by atoms with Crippen molar-refractivity contribution in [3.63, 3.8) is 0 Å². The highest BCUT2D eigenvalue weighted by Gasteiger charge is 2.26. The molecule has 2 rings (SSSR count). The molecule has 1 aromatic heterocycles. The molecule has 0 spiro atoms. The molecule has 22 heavy (non-hydrogen) atoms. The van der Waals surface area contributed by atoms with Crippen LogP contribution < -0.4 is 10.2 Å². The summed E-state index contributed by atoms with van der Waals surface area (Å²) in [4.78, 5) is 14.6. The Bertz CT molecular complexity index is 667. The summed E-state index contributed by atoms with van der Waals surface area (Å²) < 4.78 is 4.70. The molecule has 0 aliphatic rings. The molecule has 9 nitrogen and oxygen atoms in total. The van der Waals surface area contributed by atoms with E-state index in [1.807, 2.05) is 14.1 Å². The molecule has 0 unspecified atom stereocenters. The number of aromatic nitrogens is 2. The maximum Gasteiger partial charge on any atom is 0.323 e. The molecule has 0 aliphatic heterocycles. The van der Waals surface area contributed by atoms with Crippen molar-refractivity contribution < 1.29 is 9.55 Å². The van der Waals surface area contributed by atoms with Crippen LogP contribution in [-0.4, -0.2) is 61.4 Å². The summed E-state index contributed by atoms with van der Waals surface area (Å²) in [5.74, 6) is 0. The first-order chi connectivity index (χ1) is 10.4. The fourth-order valence-electron chi connectivity index (χ4n) is 2.19. The zero-order valence-corrected chi connectivity index (χ0v) is 13.2. The van der Waals surface area contributed by atoms with Gasteiger partial charge in [0.1, 0.15) is 5.69 Å². The largest absolute Gasteiger partial charge is 0.383 e. The van der Waals surface area contributed by atoms with Crippen LogP contribution in [0.5, 0.6) is 0 Å². The van der Waals surface area contributed by atoms with Gasteiger partial charge in [0.05, 0.1) is 10.6 Å². The van der Waals surface area contributed by atoms with Gasteiger partial charge in [0, 0.05) is 20.6 Å². The molecule has 0 saturated carbocycles. The number of nitrogens with one attached hydrogen (secondary N) is 1. The Labute approximate surface area is 128 Å². The highest BCUT2D eigenvalue weighted by atomic mass is 16.6. The number of rotatable bonds is 7. The van der Waals surface area contributed by atoms with Crippen LogP contribution in [0.25, 0.3) is 11.0 Å². The average molecular weight is 308 g/mol. The Morgan fingerprint density at radius 2 is 1.95 bits per heavy atom. The highest BCUT2D eigenvalue weighted by Crippen LogP contribution is 2.37. The second-order valence-corrected chi connectivity index (χ2v) is 5.49. The molecule has 0 bridgehead atoms. The summed E-state index contributed by atoms with van der Waals surface area (Å²) in [7, 11) is 7.51. The summed E-state index contributed by atoms with van der Waals surface area (Å²) >= 11 is 0. The summed E-state index contributed by atoms with van der Waals surface area (Å²) in [6.45, 7) is 1.67. The Balaban J connectivity index is 2.36. The van der Waals surface area contributed by atoms with E-state index in [0.717, 1.165) is 19.5 Å². The molecule has 0 fully saturated rings. The van der Waals surface area contributed by atoms with E-state index in [-0.39, 0.29) is 11.2 Å². The number of nitro groups is 1. The normalized spacial score (nSPS) is 11.1. The minimum atomic E-state index is -0.461. The lowest BCUT2D eigenvalue weighted by atomic mass is 10.2. The van der Waals surface area contributed by atoms with Crippen molar-refractivity contribution in [2.24, 2.45) is 0 Å². The van der Waals surface area contributed by atoms with Gasteiger partial charge in [-0.2, -0.15) is 0 Å². The van der Waals surface area contributed by atoms with Crippen molar-refractivity contribution in [2.75, 3.05) is 51.5 Å². The van der Waals surface area contributed by atoms with Gasteiger partial charge in [0.2, 0.25) is 5.52 Å². The molecule has 1 heterocycles. The van der Waals surface area contributed by atoms with E-state index < -0.39 is 4.92 Å². The standard InChI is InChI=1S/C13H20N6O3/c1-17(2)7-5-6-14-9-8-10(18(3)4)13(19(20)21)12-11(9)15-22-16-12/h8,14H,5-7H2,1-4H3. The van der Waals surface area contributed by atoms with Crippen LogP contribution in [0.1, 0.15) is 6.42 Å². The Morgan fingerprint density at radius 1 is 1.27 bits per heavy atom. The van der Waals surface area contributed by atoms with Gasteiger partial charge < -0.3 is 15.1 Å². The third-order valence-corrected chi connectivity index (χ3v) is 3.25. The van der Waals surface area contributed by atoms with Crippen molar-refractivity contribution in [3.8, 4) is 0 Å². The van der Waals surface area contributed by atoms with Crippen LogP contribution in [0.3, 0.4) is 0 Å². The summed E-state index contributed by atoms with van der Waals surface area (Å²) in [6, 6.07) is 1.71. The van der Waals surface area contributed by atoms with Crippen LogP contribution in [0.2, 0.25) is 0 Å². The first kappa shape index (κ1) is 16.0. The number of hydrogen-bond acceptors (Lipinski definition) is 8. The minimum absolute atomic E-state index is 0.0971. The molecule has 0 aliphatic carbocycles. The Hall–Kier alpha value is -2.42. The molecule has 0 atom stereocenters. The molecular weight excluding hydrogens is 288 g/mol.